The summed E-state index contributed by atoms with van der Waals surface area (Å²) < 4.78 is 14.8. The second-order valence-corrected chi connectivity index (χ2v) is 10.3. The maximum Gasteiger partial charge on any atom is 0.196 e. The summed E-state index contributed by atoms with van der Waals surface area (Å²) in [6, 6.07) is 2.13. The van der Waals surface area contributed by atoms with Crippen LogP contribution in [0.2, 0.25) is 0 Å². The predicted octanol–water partition coefficient (Wildman–Crippen LogP) is 6.47. The summed E-state index contributed by atoms with van der Waals surface area (Å²) in [5.74, 6) is -0.579. The van der Waals surface area contributed by atoms with E-state index in [9.17, 15) is 0 Å². The molecule has 0 spiro atoms. The molecule has 120 valence electrons. The van der Waals surface area contributed by atoms with Crippen LogP contribution in [0.1, 0.15) is 58.4 Å². The first-order chi connectivity index (χ1) is 9.88. The van der Waals surface area contributed by atoms with E-state index < -0.39 is 5.79 Å². The Bertz CT molecular complexity index is 461. The van der Waals surface area contributed by atoms with E-state index in [0.29, 0.717) is 0 Å². The van der Waals surface area contributed by atoms with Crippen LogP contribution in [0.15, 0.2) is 13.6 Å². The smallest absolute Gasteiger partial charge is 0.196 e. The molecule has 0 aromatic carbocycles. The van der Waals surface area contributed by atoms with Gasteiger partial charge in [0.2, 0.25) is 0 Å². The second kappa shape index (κ2) is 7.43. The number of thiophene rings is 1. The lowest BCUT2D eigenvalue weighted by Gasteiger charge is -2.43. The molecular formula is C16H24Br2O2S. The van der Waals surface area contributed by atoms with Crippen molar-refractivity contribution < 1.29 is 9.47 Å². The first-order valence-corrected chi connectivity index (χ1v) is 10.0. The van der Waals surface area contributed by atoms with Gasteiger partial charge in [0, 0.05) is 17.4 Å². The quantitative estimate of drug-likeness (QED) is 0.472. The van der Waals surface area contributed by atoms with Crippen LogP contribution in [0, 0.1) is 5.41 Å². The highest BCUT2D eigenvalue weighted by atomic mass is 79.9. The van der Waals surface area contributed by atoms with Gasteiger partial charge in [-0.2, -0.15) is 0 Å². The first kappa shape index (κ1) is 17.9. The van der Waals surface area contributed by atoms with Gasteiger partial charge in [0.05, 0.1) is 20.8 Å². The molecule has 2 heterocycles. The summed E-state index contributed by atoms with van der Waals surface area (Å²) in [4.78, 5) is 0. The molecule has 2 rings (SSSR count). The average molecular weight is 440 g/mol. The standard InChI is InChI=1S/C16H24Br2O2S/c1-4-5-6-7-8-16(12-9-13(17)21-14(12)18)19-10-15(2,3)11-20-16/h9H,4-8,10-11H2,1-3H3. The molecule has 0 unspecified atom stereocenters. The third-order valence-electron chi connectivity index (χ3n) is 3.82. The molecule has 0 radical (unpaired) electrons. The Labute approximate surface area is 148 Å². The molecule has 1 saturated heterocycles. The third-order valence-corrected chi connectivity index (χ3v) is 6.16. The van der Waals surface area contributed by atoms with E-state index in [1.807, 2.05) is 0 Å². The predicted molar refractivity (Wildman–Crippen MR) is 95.8 cm³/mol. The number of unbranched alkanes of at least 4 members (excludes halogenated alkanes) is 3. The van der Waals surface area contributed by atoms with Gasteiger partial charge in [0.1, 0.15) is 0 Å². The molecule has 0 atom stereocenters. The Kier molecular flexibility index (Phi) is 6.35. The molecule has 1 aromatic heterocycles. The highest BCUT2D eigenvalue weighted by molar-refractivity contribution is 9.12. The normalized spacial score (nSPS) is 20.6. The number of rotatable bonds is 6. The molecule has 0 aliphatic carbocycles. The Morgan fingerprint density at radius 3 is 2.33 bits per heavy atom. The van der Waals surface area contributed by atoms with Gasteiger partial charge in [0.15, 0.2) is 5.79 Å². The Morgan fingerprint density at radius 2 is 1.81 bits per heavy atom. The van der Waals surface area contributed by atoms with Gasteiger partial charge in [-0.25, -0.2) is 0 Å². The maximum absolute atomic E-state index is 6.27. The lowest BCUT2D eigenvalue weighted by Crippen LogP contribution is -2.45. The average Bonchev–Trinajstić information content (AvgIpc) is 2.77. The van der Waals surface area contributed by atoms with Crippen molar-refractivity contribution in [2.75, 3.05) is 13.2 Å². The molecule has 1 aliphatic heterocycles. The van der Waals surface area contributed by atoms with Crippen LogP contribution in [0.4, 0.5) is 0 Å². The van der Waals surface area contributed by atoms with Crippen molar-refractivity contribution in [2.45, 2.75) is 58.7 Å². The van der Waals surface area contributed by atoms with Crippen LogP contribution < -0.4 is 0 Å². The van der Waals surface area contributed by atoms with E-state index in [-0.39, 0.29) is 5.41 Å². The highest BCUT2D eigenvalue weighted by Gasteiger charge is 2.43. The zero-order valence-electron chi connectivity index (χ0n) is 13.0. The van der Waals surface area contributed by atoms with Crippen molar-refractivity contribution in [1.82, 2.24) is 0 Å². The maximum atomic E-state index is 6.27. The lowest BCUT2D eigenvalue weighted by atomic mass is 9.92. The van der Waals surface area contributed by atoms with Gasteiger partial charge in [-0.15, -0.1) is 11.3 Å². The SMILES string of the molecule is CCCCCCC1(c2cc(Br)sc2Br)OCC(C)(C)CO1. The van der Waals surface area contributed by atoms with Crippen LogP contribution in [0.25, 0.3) is 0 Å². The second-order valence-electron chi connectivity index (χ2n) is 6.54. The summed E-state index contributed by atoms with van der Waals surface area (Å²) in [6.45, 7) is 8.08. The molecule has 0 amide bonds. The van der Waals surface area contributed by atoms with Crippen molar-refractivity contribution in [3.05, 3.63) is 19.2 Å². The van der Waals surface area contributed by atoms with Crippen molar-refractivity contribution in [1.29, 1.82) is 0 Å². The molecule has 0 N–H and O–H groups in total. The summed E-state index contributed by atoms with van der Waals surface area (Å²) in [5.41, 5.74) is 1.22. The molecule has 1 fully saturated rings. The summed E-state index contributed by atoms with van der Waals surface area (Å²) in [5, 5.41) is 0. The summed E-state index contributed by atoms with van der Waals surface area (Å²) >= 11 is 8.91. The highest BCUT2D eigenvalue weighted by Crippen LogP contribution is 2.46. The van der Waals surface area contributed by atoms with Crippen molar-refractivity contribution in [3.63, 3.8) is 0 Å². The minimum Gasteiger partial charge on any atom is -0.345 e. The van der Waals surface area contributed by atoms with E-state index in [1.165, 1.54) is 19.3 Å². The zero-order valence-corrected chi connectivity index (χ0v) is 17.0. The van der Waals surface area contributed by atoms with Gasteiger partial charge in [-0.1, -0.05) is 40.0 Å². The van der Waals surface area contributed by atoms with E-state index in [1.54, 1.807) is 11.3 Å². The van der Waals surface area contributed by atoms with Gasteiger partial charge in [-0.3, -0.25) is 0 Å². The first-order valence-electron chi connectivity index (χ1n) is 7.62. The molecule has 5 heteroatoms. The van der Waals surface area contributed by atoms with Gasteiger partial charge in [-0.05, 0) is 44.3 Å². The van der Waals surface area contributed by atoms with Crippen LogP contribution in [0.5, 0.6) is 0 Å². The van der Waals surface area contributed by atoms with Crippen molar-refractivity contribution in [3.8, 4) is 0 Å². The van der Waals surface area contributed by atoms with Gasteiger partial charge in [0.25, 0.3) is 0 Å². The van der Waals surface area contributed by atoms with Crippen LogP contribution in [-0.2, 0) is 15.3 Å². The monoisotopic (exact) mass is 438 g/mol. The fraction of sp³-hybridized carbons (Fsp3) is 0.750. The van der Waals surface area contributed by atoms with Crippen LogP contribution in [0.3, 0.4) is 0 Å². The van der Waals surface area contributed by atoms with Gasteiger partial charge < -0.3 is 9.47 Å². The molecule has 2 nitrogen and oxygen atoms in total. The molecule has 1 aliphatic rings. The number of hydrogen-bond donors (Lipinski definition) is 0. The largest absolute Gasteiger partial charge is 0.345 e. The van der Waals surface area contributed by atoms with E-state index >= 15 is 0 Å². The summed E-state index contributed by atoms with van der Waals surface area (Å²) in [6.07, 6.45) is 5.81. The summed E-state index contributed by atoms with van der Waals surface area (Å²) in [7, 11) is 0. The number of ether oxygens (including phenoxy) is 2. The molecule has 0 saturated carbocycles. The van der Waals surface area contributed by atoms with Crippen LogP contribution >= 0.6 is 43.2 Å². The fourth-order valence-corrected chi connectivity index (χ4v) is 5.50. The molecule has 21 heavy (non-hydrogen) atoms. The third kappa shape index (κ3) is 4.54. The Morgan fingerprint density at radius 1 is 1.14 bits per heavy atom. The van der Waals surface area contributed by atoms with Crippen molar-refractivity contribution in [2.24, 2.45) is 5.41 Å². The fourth-order valence-electron chi connectivity index (χ4n) is 2.53. The van der Waals surface area contributed by atoms with E-state index in [4.69, 9.17) is 9.47 Å². The minimum atomic E-state index is -0.579. The lowest BCUT2D eigenvalue weighted by molar-refractivity contribution is -0.311. The molecule has 0 bridgehead atoms. The number of hydrogen-bond acceptors (Lipinski definition) is 3. The van der Waals surface area contributed by atoms with E-state index in [0.717, 1.165) is 39.2 Å². The van der Waals surface area contributed by atoms with E-state index in [2.05, 4.69) is 58.7 Å². The molecular weight excluding hydrogens is 416 g/mol. The Balaban J connectivity index is 2.16. The van der Waals surface area contributed by atoms with Gasteiger partial charge >= 0.3 is 0 Å². The van der Waals surface area contributed by atoms with Crippen LogP contribution in [-0.4, -0.2) is 13.2 Å². The Hall–Kier alpha value is 0.580. The minimum absolute atomic E-state index is 0.0899. The van der Waals surface area contributed by atoms with Crippen molar-refractivity contribution >= 4 is 43.2 Å². The molecule has 1 aromatic rings. The number of halogens is 2. The zero-order chi connectivity index (χ0) is 15.5. The topological polar surface area (TPSA) is 18.5 Å².